The van der Waals surface area contributed by atoms with E-state index in [9.17, 15) is 4.79 Å². The third-order valence-corrected chi connectivity index (χ3v) is 4.20. The van der Waals surface area contributed by atoms with Crippen LogP contribution >= 0.6 is 11.8 Å². The van der Waals surface area contributed by atoms with Crippen molar-refractivity contribution >= 4 is 22.8 Å². The van der Waals surface area contributed by atoms with E-state index in [-0.39, 0.29) is 5.91 Å². The summed E-state index contributed by atoms with van der Waals surface area (Å²) in [4.78, 5) is 20.6. The molecule has 0 saturated carbocycles. The highest BCUT2D eigenvalue weighted by atomic mass is 32.2. The van der Waals surface area contributed by atoms with Crippen LogP contribution in [0.1, 0.15) is 6.42 Å². The molecule has 1 N–H and O–H groups in total. The van der Waals surface area contributed by atoms with Gasteiger partial charge in [-0.3, -0.25) is 9.79 Å². The highest BCUT2D eigenvalue weighted by Gasteiger charge is 2.28. The molecular weight excluding hydrogens is 236 g/mol. The van der Waals surface area contributed by atoms with E-state index < -0.39 is 0 Å². The lowest BCUT2D eigenvalue weighted by Gasteiger charge is -2.28. The third-order valence-electron chi connectivity index (χ3n) is 3.25. The van der Waals surface area contributed by atoms with Crippen molar-refractivity contribution in [3.8, 4) is 0 Å². The van der Waals surface area contributed by atoms with Crippen LogP contribution in [0.5, 0.6) is 0 Å². The predicted octanol–water partition coefficient (Wildman–Crippen LogP) is 0.0681. The first-order valence-electron chi connectivity index (χ1n) is 6.01. The van der Waals surface area contributed by atoms with Gasteiger partial charge in [-0.25, -0.2) is 0 Å². The number of thioether (sulfide) groups is 1. The summed E-state index contributed by atoms with van der Waals surface area (Å²) in [5, 5.41) is 6.39. The number of piperazine rings is 1. The van der Waals surface area contributed by atoms with Crippen LogP contribution in [0.15, 0.2) is 16.1 Å². The number of carbonyl (C=O) groups is 1. The molecule has 1 fully saturated rings. The number of carbonyl (C=O) groups excluding carboxylic acids is 1. The molecule has 3 aliphatic rings. The van der Waals surface area contributed by atoms with Crippen molar-refractivity contribution in [1.82, 2.24) is 15.1 Å². The summed E-state index contributed by atoms with van der Waals surface area (Å²) in [7, 11) is 0. The monoisotopic (exact) mass is 252 g/mol. The van der Waals surface area contributed by atoms with Gasteiger partial charge in [0.05, 0.1) is 13.0 Å². The second-order valence-corrected chi connectivity index (χ2v) is 5.19. The number of hydrogen-bond donors (Lipinski definition) is 1. The molecule has 17 heavy (non-hydrogen) atoms. The molecule has 5 nitrogen and oxygen atoms in total. The standard InChI is InChI=1S/C11H16N4OS/c16-10(14-4-1-12-2-5-14)7-9-8-17-11-13-3-6-15(9)11/h8,12H,1-7H2. The van der Waals surface area contributed by atoms with Crippen LogP contribution < -0.4 is 5.32 Å². The van der Waals surface area contributed by atoms with Crippen molar-refractivity contribution in [3.05, 3.63) is 11.1 Å². The van der Waals surface area contributed by atoms with Crippen molar-refractivity contribution in [1.29, 1.82) is 0 Å². The van der Waals surface area contributed by atoms with Gasteiger partial charge in [-0.05, 0) is 5.41 Å². The van der Waals surface area contributed by atoms with Crippen molar-refractivity contribution in [3.63, 3.8) is 0 Å². The molecule has 3 rings (SSSR count). The zero-order valence-corrected chi connectivity index (χ0v) is 10.5. The van der Waals surface area contributed by atoms with Gasteiger partial charge in [0.25, 0.3) is 0 Å². The number of amides is 1. The second kappa shape index (κ2) is 4.70. The average Bonchev–Trinajstić information content (AvgIpc) is 2.95. The fraction of sp³-hybridized carbons (Fsp3) is 0.636. The maximum absolute atomic E-state index is 12.1. The first-order chi connectivity index (χ1) is 8.34. The van der Waals surface area contributed by atoms with Crippen LogP contribution in [-0.2, 0) is 4.79 Å². The number of amidine groups is 1. The summed E-state index contributed by atoms with van der Waals surface area (Å²) in [6.45, 7) is 5.29. The van der Waals surface area contributed by atoms with Crippen LogP contribution in [0.4, 0.5) is 0 Å². The average molecular weight is 252 g/mol. The summed E-state index contributed by atoms with van der Waals surface area (Å²) in [6.07, 6.45) is 0.520. The fourth-order valence-electron chi connectivity index (χ4n) is 2.30. The van der Waals surface area contributed by atoms with Crippen LogP contribution in [0.25, 0.3) is 0 Å². The molecule has 0 aromatic rings. The Morgan fingerprint density at radius 2 is 2.24 bits per heavy atom. The van der Waals surface area contributed by atoms with E-state index in [1.54, 1.807) is 11.8 Å². The van der Waals surface area contributed by atoms with Gasteiger partial charge in [0, 0.05) is 38.4 Å². The Morgan fingerprint density at radius 3 is 3.06 bits per heavy atom. The molecule has 0 aliphatic carbocycles. The molecule has 3 aliphatic heterocycles. The molecular formula is C11H16N4OS. The smallest absolute Gasteiger partial charge is 0.228 e. The minimum atomic E-state index is 0.242. The molecule has 0 aromatic heterocycles. The molecule has 0 unspecified atom stereocenters. The van der Waals surface area contributed by atoms with Gasteiger partial charge in [-0.15, -0.1) is 0 Å². The zero-order chi connectivity index (χ0) is 11.7. The number of rotatable bonds is 2. The summed E-state index contributed by atoms with van der Waals surface area (Å²) in [5.41, 5.74) is 1.12. The number of hydrogen-bond acceptors (Lipinski definition) is 5. The molecule has 0 radical (unpaired) electrons. The molecule has 0 spiro atoms. The fourth-order valence-corrected chi connectivity index (χ4v) is 3.25. The SMILES string of the molecule is O=C(CC1=CSC2=NCCN12)N1CCNCC1. The Balaban J connectivity index is 1.59. The Kier molecular flexibility index (Phi) is 3.07. The third kappa shape index (κ3) is 2.19. The summed E-state index contributed by atoms with van der Waals surface area (Å²) in [6, 6.07) is 0. The molecule has 6 heteroatoms. The lowest BCUT2D eigenvalue weighted by Crippen LogP contribution is -2.46. The highest BCUT2D eigenvalue weighted by Crippen LogP contribution is 2.31. The summed E-state index contributed by atoms with van der Waals surface area (Å²) < 4.78 is 0. The van der Waals surface area contributed by atoms with Gasteiger partial charge in [0.1, 0.15) is 0 Å². The van der Waals surface area contributed by atoms with Gasteiger partial charge >= 0.3 is 0 Å². The van der Waals surface area contributed by atoms with Gasteiger partial charge in [-0.1, -0.05) is 11.8 Å². The maximum atomic E-state index is 12.1. The largest absolute Gasteiger partial charge is 0.340 e. The lowest BCUT2D eigenvalue weighted by atomic mass is 10.2. The molecule has 1 amide bonds. The van der Waals surface area contributed by atoms with E-state index in [4.69, 9.17) is 0 Å². The van der Waals surface area contributed by atoms with E-state index >= 15 is 0 Å². The second-order valence-electron chi connectivity index (χ2n) is 4.35. The Hall–Kier alpha value is -1.01. The molecule has 92 valence electrons. The predicted molar refractivity (Wildman–Crippen MR) is 68.7 cm³/mol. The van der Waals surface area contributed by atoms with Gasteiger partial charge in [0.2, 0.25) is 5.91 Å². The Morgan fingerprint density at radius 1 is 1.41 bits per heavy atom. The van der Waals surface area contributed by atoms with Crippen molar-refractivity contribution < 1.29 is 4.79 Å². The van der Waals surface area contributed by atoms with Gasteiger partial charge in [-0.2, -0.15) is 0 Å². The molecule has 0 aromatic carbocycles. The van der Waals surface area contributed by atoms with Crippen LogP contribution in [0.2, 0.25) is 0 Å². The van der Waals surface area contributed by atoms with Crippen LogP contribution in [-0.4, -0.2) is 60.1 Å². The number of aliphatic imine (C=N–C) groups is 1. The van der Waals surface area contributed by atoms with E-state index in [0.29, 0.717) is 6.42 Å². The minimum Gasteiger partial charge on any atom is -0.340 e. The first-order valence-corrected chi connectivity index (χ1v) is 6.89. The van der Waals surface area contributed by atoms with E-state index in [1.807, 2.05) is 4.90 Å². The maximum Gasteiger partial charge on any atom is 0.228 e. The molecule has 1 saturated heterocycles. The van der Waals surface area contributed by atoms with Gasteiger partial charge < -0.3 is 15.1 Å². The van der Waals surface area contributed by atoms with Crippen molar-refractivity contribution in [2.75, 3.05) is 39.3 Å². The van der Waals surface area contributed by atoms with Crippen LogP contribution in [0, 0.1) is 0 Å². The molecule has 0 bridgehead atoms. The van der Waals surface area contributed by atoms with Crippen LogP contribution in [0.3, 0.4) is 0 Å². The summed E-state index contributed by atoms with van der Waals surface area (Å²) in [5.74, 6) is 0.242. The number of fused-ring (bicyclic) bond motifs is 1. The lowest BCUT2D eigenvalue weighted by molar-refractivity contribution is -0.131. The first kappa shape index (κ1) is 11.1. The normalized spacial score (nSPS) is 23.5. The van der Waals surface area contributed by atoms with Crippen molar-refractivity contribution in [2.45, 2.75) is 6.42 Å². The van der Waals surface area contributed by atoms with Crippen molar-refractivity contribution in [2.24, 2.45) is 4.99 Å². The molecule has 3 heterocycles. The minimum absolute atomic E-state index is 0.242. The topological polar surface area (TPSA) is 47.9 Å². The number of nitrogens with one attached hydrogen (secondary N) is 1. The van der Waals surface area contributed by atoms with E-state index in [1.165, 1.54) is 0 Å². The number of nitrogens with zero attached hydrogens (tertiary/aromatic N) is 3. The highest BCUT2D eigenvalue weighted by molar-refractivity contribution is 8.16. The molecule has 0 atom stereocenters. The van der Waals surface area contributed by atoms with E-state index in [0.717, 1.165) is 50.1 Å². The quantitative estimate of drug-likeness (QED) is 0.755. The zero-order valence-electron chi connectivity index (χ0n) is 9.69. The van der Waals surface area contributed by atoms with E-state index in [2.05, 4.69) is 20.6 Å². The Bertz CT molecular complexity index is 387. The summed E-state index contributed by atoms with van der Waals surface area (Å²) >= 11 is 1.64. The Labute approximate surface area is 105 Å². The van der Waals surface area contributed by atoms with Gasteiger partial charge in [0.15, 0.2) is 5.17 Å².